The standard InChI is InChI=1S/C23H36O3/c1-15(10-12-24)19-8-9-20-18(5-4-11-23(19,20)3)7-6-17-13-21(25)16(2)22(26)14-17/h6-7,15,19-22,24-26H,2,4-5,8-14H2,1,3H3/b18-7+/t15-,19?,20?,21-,22-,23-/m1/s1. The summed E-state index contributed by atoms with van der Waals surface area (Å²) in [5.74, 6) is 1.94. The summed E-state index contributed by atoms with van der Waals surface area (Å²) in [5.41, 5.74) is 3.59. The fourth-order valence-electron chi connectivity index (χ4n) is 6.04. The van der Waals surface area contributed by atoms with E-state index in [9.17, 15) is 15.3 Å². The highest BCUT2D eigenvalue weighted by Crippen LogP contribution is 2.59. The van der Waals surface area contributed by atoms with Crippen molar-refractivity contribution in [3.63, 3.8) is 0 Å². The van der Waals surface area contributed by atoms with Crippen LogP contribution in [0.3, 0.4) is 0 Å². The minimum absolute atomic E-state index is 0.295. The molecule has 0 heterocycles. The number of hydrogen-bond donors (Lipinski definition) is 3. The van der Waals surface area contributed by atoms with Gasteiger partial charge in [-0.25, -0.2) is 0 Å². The van der Waals surface area contributed by atoms with Crippen LogP contribution in [0.15, 0.2) is 35.5 Å². The molecule has 0 amide bonds. The molecule has 146 valence electrons. The van der Waals surface area contributed by atoms with Crippen LogP contribution < -0.4 is 0 Å². The Morgan fingerprint density at radius 2 is 1.88 bits per heavy atom. The van der Waals surface area contributed by atoms with E-state index in [2.05, 4.69) is 32.6 Å². The third-order valence-electron chi connectivity index (χ3n) is 7.61. The number of hydrogen-bond acceptors (Lipinski definition) is 3. The molecule has 3 nitrogen and oxygen atoms in total. The van der Waals surface area contributed by atoms with Gasteiger partial charge in [-0.05, 0) is 80.1 Å². The van der Waals surface area contributed by atoms with E-state index in [-0.39, 0.29) is 0 Å². The van der Waals surface area contributed by atoms with E-state index < -0.39 is 12.2 Å². The van der Waals surface area contributed by atoms with Crippen molar-refractivity contribution < 1.29 is 15.3 Å². The number of aliphatic hydroxyl groups excluding tert-OH is 3. The van der Waals surface area contributed by atoms with Crippen molar-refractivity contribution in [3.05, 3.63) is 35.5 Å². The van der Waals surface area contributed by atoms with Crippen LogP contribution in [0, 0.1) is 23.2 Å². The van der Waals surface area contributed by atoms with Gasteiger partial charge in [0.15, 0.2) is 0 Å². The first-order valence-electron chi connectivity index (χ1n) is 10.4. The second kappa shape index (κ2) is 8.00. The third kappa shape index (κ3) is 3.72. The maximum Gasteiger partial charge on any atom is 0.0809 e. The molecule has 6 atom stereocenters. The van der Waals surface area contributed by atoms with Crippen LogP contribution in [0.25, 0.3) is 0 Å². The molecule has 3 aliphatic rings. The Morgan fingerprint density at radius 1 is 1.19 bits per heavy atom. The molecule has 3 heteroatoms. The maximum atomic E-state index is 10.1. The fourth-order valence-corrected chi connectivity index (χ4v) is 6.04. The number of fused-ring (bicyclic) bond motifs is 1. The molecule has 0 aromatic heterocycles. The lowest BCUT2D eigenvalue weighted by atomic mass is 9.61. The monoisotopic (exact) mass is 360 g/mol. The summed E-state index contributed by atoms with van der Waals surface area (Å²) in [6.45, 7) is 8.87. The fraction of sp³-hybridized carbons (Fsp3) is 0.739. The van der Waals surface area contributed by atoms with E-state index in [1.165, 1.54) is 32.1 Å². The molecule has 3 fully saturated rings. The van der Waals surface area contributed by atoms with Gasteiger partial charge in [0.25, 0.3) is 0 Å². The van der Waals surface area contributed by atoms with E-state index in [0.717, 1.165) is 12.0 Å². The van der Waals surface area contributed by atoms with Gasteiger partial charge >= 0.3 is 0 Å². The molecular weight excluding hydrogens is 324 g/mol. The molecule has 26 heavy (non-hydrogen) atoms. The van der Waals surface area contributed by atoms with Crippen LogP contribution in [0.2, 0.25) is 0 Å². The van der Waals surface area contributed by atoms with Crippen molar-refractivity contribution in [3.8, 4) is 0 Å². The summed E-state index contributed by atoms with van der Waals surface area (Å²) in [4.78, 5) is 0. The van der Waals surface area contributed by atoms with Crippen LogP contribution in [-0.2, 0) is 0 Å². The first kappa shape index (κ1) is 19.9. The first-order valence-corrected chi connectivity index (χ1v) is 10.4. The summed E-state index contributed by atoms with van der Waals surface area (Å²) >= 11 is 0. The van der Waals surface area contributed by atoms with E-state index in [4.69, 9.17) is 0 Å². The van der Waals surface area contributed by atoms with Gasteiger partial charge in [-0.2, -0.15) is 0 Å². The van der Waals surface area contributed by atoms with Gasteiger partial charge in [0.2, 0.25) is 0 Å². The molecule has 2 unspecified atom stereocenters. The zero-order valence-electron chi connectivity index (χ0n) is 16.5. The van der Waals surface area contributed by atoms with Gasteiger partial charge in [0.1, 0.15) is 0 Å². The molecule has 0 aromatic rings. The Bertz CT molecular complexity index is 574. The number of rotatable bonds is 4. The SMILES string of the molecule is C=C1[C@H](O)CC(=C/C=C2\CCC[C@@]3(C)C2CCC3[C@H](C)CCO)C[C@H]1O. The maximum absolute atomic E-state index is 10.1. The topological polar surface area (TPSA) is 60.7 Å². The zero-order valence-corrected chi connectivity index (χ0v) is 16.5. The van der Waals surface area contributed by atoms with E-state index in [1.807, 2.05) is 0 Å². The van der Waals surface area contributed by atoms with Crippen molar-refractivity contribution in [2.45, 2.75) is 77.4 Å². The van der Waals surface area contributed by atoms with Gasteiger partial charge in [0.05, 0.1) is 12.2 Å². The Labute approximate surface area is 158 Å². The number of allylic oxidation sites excluding steroid dienone is 3. The summed E-state index contributed by atoms with van der Waals surface area (Å²) in [6.07, 6.45) is 11.6. The average molecular weight is 361 g/mol. The van der Waals surface area contributed by atoms with Crippen molar-refractivity contribution in [1.29, 1.82) is 0 Å². The normalized spacial score (nSPS) is 40.6. The van der Waals surface area contributed by atoms with Crippen LogP contribution in [0.1, 0.15) is 65.2 Å². The first-order chi connectivity index (χ1) is 12.4. The molecule has 0 spiro atoms. The minimum Gasteiger partial charge on any atom is -0.396 e. The van der Waals surface area contributed by atoms with Gasteiger partial charge in [-0.15, -0.1) is 0 Å². The second-order valence-corrected chi connectivity index (χ2v) is 9.17. The lowest BCUT2D eigenvalue weighted by Gasteiger charge is -2.44. The quantitative estimate of drug-likeness (QED) is 0.660. The Kier molecular flexibility index (Phi) is 6.11. The number of aliphatic hydroxyl groups is 3. The molecule has 3 saturated carbocycles. The molecule has 0 aliphatic heterocycles. The Morgan fingerprint density at radius 3 is 2.54 bits per heavy atom. The van der Waals surface area contributed by atoms with Crippen LogP contribution >= 0.6 is 0 Å². The lowest BCUT2D eigenvalue weighted by molar-refractivity contribution is 0.0857. The third-order valence-corrected chi connectivity index (χ3v) is 7.61. The van der Waals surface area contributed by atoms with Crippen molar-refractivity contribution in [2.24, 2.45) is 23.2 Å². The van der Waals surface area contributed by atoms with Crippen molar-refractivity contribution in [2.75, 3.05) is 6.61 Å². The van der Waals surface area contributed by atoms with Gasteiger partial charge in [-0.3, -0.25) is 0 Å². The van der Waals surface area contributed by atoms with Crippen LogP contribution in [-0.4, -0.2) is 34.1 Å². The molecular formula is C23H36O3. The molecule has 0 radical (unpaired) electrons. The second-order valence-electron chi connectivity index (χ2n) is 9.17. The van der Waals surface area contributed by atoms with Gasteiger partial charge in [0, 0.05) is 6.61 Å². The Hall–Kier alpha value is -0.900. The van der Waals surface area contributed by atoms with Crippen molar-refractivity contribution in [1.82, 2.24) is 0 Å². The molecule has 3 aliphatic carbocycles. The summed E-state index contributed by atoms with van der Waals surface area (Å²) in [7, 11) is 0. The van der Waals surface area contributed by atoms with Crippen molar-refractivity contribution >= 4 is 0 Å². The van der Waals surface area contributed by atoms with E-state index in [0.29, 0.717) is 48.2 Å². The van der Waals surface area contributed by atoms with Gasteiger partial charge < -0.3 is 15.3 Å². The highest BCUT2D eigenvalue weighted by atomic mass is 16.3. The van der Waals surface area contributed by atoms with Crippen LogP contribution in [0.5, 0.6) is 0 Å². The summed E-state index contributed by atoms with van der Waals surface area (Å²) in [5, 5.41) is 29.5. The molecule has 0 saturated heterocycles. The molecule has 0 aromatic carbocycles. The van der Waals surface area contributed by atoms with Crippen LogP contribution in [0.4, 0.5) is 0 Å². The smallest absolute Gasteiger partial charge is 0.0809 e. The minimum atomic E-state index is -0.616. The predicted octanol–water partition coefficient (Wildman–Crippen LogP) is 4.15. The zero-order chi connectivity index (χ0) is 18.9. The highest BCUT2D eigenvalue weighted by Gasteiger charge is 2.50. The molecule has 3 rings (SSSR count). The summed E-state index contributed by atoms with van der Waals surface area (Å²) < 4.78 is 0. The van der Waals surface area contributed by atoms with E-state index >= 15 is 0 Å². The molecule has 3 N–H and O–H groups in total. The van der Waals surface area contributed by atoms with E-state index in [1.54, 1.807) is 5.57 Å². The lowest BCUT2D eigenvalue weighted by Crippen LogP contribution is -2.36. The summed E-state index contributed by atoms with van der Waals surface area (Å²) in [6, 6.07) is 0. The Balaban J connectivity index is 1.76. The molecule has 0 bridgehead atoms. The predicted molar refractivity (Wildman–Crippen MR) is 106 cm³/mol. The largest absolute Gasteiger partial charge is 0.396 e. The highest BCUT2D eigenvalue weighted by molar-refractivity contribution is 5.29. The average Bonchev–Trinajstić information content (AvgIpc) is 2.95. The van der Waals surface area contributed by atoms with Gasteiger partial charge in [-0.1, -0.05) is 43.7 Å².